The molecule has 2 rings (SSSR count). The number of benzene rings is 1. The molecule has 94 valence electrons. The largest absolute Gasteiger partial charge is 0.319 e. The zero-order valence-electron chi connectivity index (χ0n) is 10.6. The quantitative estimate of drug-likeness (QED) is 0.943. The summed E-state index contributed by atoms with van der Waals surface area (Å²) >= 11 is 3.56. The summed E-state index contributed by atoms with van der Waals surface area (Å²) in [6, 6.07) is 10.1. The van der Waals surface area contributed by atoms with Crippen LogP contribution in [0.15, 0.2) is 34.8 Å². The van der Waals surface area contributed by atoms with Gasteiger partial charge in [-0.25, -0.2) is 9.97 Å². The predicted molar refractivity (Wildman–Crippen MR) is 77.5 cm³/mol. The molecule has 0 fully saturated rings. The summed E-state index contributed by atoms with van der Waals surface area (Å²) in [7, 11) is 1.94. The van der Waals surface area contributed by atoms with E-state index < -0.39 is 0 Å². The average Bonchev–Trinajstić information content (AvgIpc) is 2.36. The van der Waals surface area contributed by atoms with Crippen molar-refractivity contribution < 1.29 is 0 Å². The Labute approximate surface area is 116 Å². The fourth-order valence-electron chi connectivity index (χ4n) is 1.79. The topological polar surface area (TPSA) is 37.8 Å². The molecule has 0 unspecified atom stereocenters. The Balaban J connectivity index is 2.39. The number of aryl methyl sites for hydroxylation is 1. The molecule has 4 heteroatoms. The van der Waals surface area contributed by atoms with Gasteiger partial charge in [-0.2, -0.15) is 0 Å². The van der Waals surface area contributed by atoms with E-state index in [0.29, 0.717) is 0 Å². The highest BCUT2D eigenvalue weighted by Crippen LogP contribution is 2.26. The van der Waals surface area contributed by atoms with Crippen LogP contribution in [0.2, 0.25) is 0 Å². The van der Waals surface area contributed by atoms with Gasteiger partial charge in [-0.05, 0) is 26.1 Å². The highest BCUT2D eigenvalue weighted by atomic mass is 79.9. The third-order valence-electron chi connectivity index (χ3n) is 2.65. The minimum absolute atomic E-state index is 0.843. The Morgan fingerprint density at radius 3 is 2.72 bits per heavy atom. The molecule has 0 radical (unpaired) electrons. The predicted octanol–water partition coefficient (Wildman–Crippen LogP) is 2.98. The first-order chi connectivity index (χ1) is 8.70. The van der Waals surface area contributed by atoms with Crippen LogP contribution in [0.1, 0.15) is 11.5 Å². The molecule has 1 aromatic carbocycles. The number of aromatic nitrogens is 2. The van der Waals surface area contributed by atoms with Gasteiger partial charge in [0.15, 0.2) is 0 Å². The number of hydrogen-bond donors (Lipinski definition) is 1. The number of nitrogens with one attached hydrogen (secondary N) is 1. The van der Waals surface area contributed by atoms with Gasteiger partial charge in [0.1, 0.15) is 5.82 Å². The second-order valence-corrected chi connectivity index (χ2v) is 5.00. The van der Waals surface area contributed by atoms with Crippen molar-refractivity contribution in [3.63, 3.8) is 0 Å². The molecule has 0 saturated carbocycles. The third-order valence-corrected chi connectivity index (χ3v) is 3.34. The van der Waals surface area contributed by atoms with Crippen molar-refractivity contribution in [1.29, 1.82) is 0 Å². The summed E-state index contributed by atoms with van der Waals surface area (Å²) < 4.78 is 1.06. The highest BCUT2D eigenvalue weighted by molar-refractivity contribution is 9.10. The molecular weight excluding hydrogens is 290 g/mol. The lowest BCUT2D eigenvalue weighted by atomic mass is 10.1. The maximum Gasteiger partial charge on any atom is 0.130 e. The number of halogens is 1. The second-order valence-electron chi connectivity index (χ2n) is 4.14. The second kappa shape index (κ2) is 6.07. The van der Waals surface area contributed by atoms with Crippen LogP contribution >= 0.6 is 15.9 Å². The zero-order valence-corrected chi connectivity index (χ0v) is 12.2. The summed E-state index contributed by atoms with van der Waals surface area (Å²) in [5, 5.41) is 3.12. The fraction of sp³-hybridized carbons (Fsp3) is 0.286. The molecule has 0 bridgehead atoms. The van der Waals surface area contributed by atoms with Crippen LogP contribution in [-0.2, 0) is 6.42 Å². The monoisotopic (exact) mass is 305 g/mol. The first-order valence-corrected chi connectivity index (χ1v) is 6.74. The number of hydrogen-bond acceptors (Lipinski definition) is 3. The Morgan fingerprint density at radius 1 is 1.22 bits per heavy atom. The first-order valence-electron chi connectivity index (χ1n) is 5.95. The Hall–Kier alpha value is -1.26. The van der Waals surface area contributed by atoms with E-state index in [4.69, 9.17) is 0 Å². The van der Waals surface area contributed by atoms with E-state index in [9.17, 15) is 0 Å². The van der Waals surface area contributed by atoms with Gasteiger partial charge in [0.05, 0.1) is 5.69 Å². The van der Waals surface area contributed by atoms with E-state index in [1.807, 2.05) is 38.2 Å². The van der Waals surface area contributed by atoms with Crippen molar-refractivity contribution in [3.8, 4) is 11.3 Å². The maximum atomic E-state index is 4.62. The molecule has 0 amide bonds. The molecule has 0 aliphatic rings. The van der Waals surface area contributed by atoms with E-state index in [0.717, 1.165) is 40.2 Å². The van der Waals surface area contributed by atoms with Crippen LogP contribution in [0.3, 0.4) is 0 Å². The van der Waals surface area contributed by atoms with Gasteiger partial charge in [-0.1, -0.05) is 34.1 Å². The molecule has 0 aliphatic heterocycles. The highest BCUT2D eigenvalue weighted by Gasteiger charge is 2.07. The van der Waals surface area contributed by atoms with E-state index in [1.54, 1.807) is 0 Å². The molecule has 18 heavy (non-hydrogen) atoms. The molecule has 0 atom stereocenters. The van der Waals surface area contributed by atoms with Gasteiger partial charge in [-0.3, -0.25) is 0 Å². The number of rotatable bonds is 4. The van der Waals surface area contributed by atoms with Crippen molar-refractivity contribution in [2.24, 2.45) is 0 Å². The Morgan fingerprint density at radius 2 is 2.00 bits per heavy atom. The van der Waals surface area contributed by atoms with Gasteiger partial charge in [0.25, 0.3) is 0 Å². The van der Waals surface area contributed by atoms with Crippen molar-refractivity contribution >= 4 is 15.9 Å². The van der Waals surface area contributed by atoms with Crippen LogP contribution in [0, 0.1) is 6.92 Å². The molecule has 2 aromatic rings. The molecule has 1 heterocycles. The molecule has 1 N–H and O–H groups in total. The van der Waals surface area contributed by atoms with Gasteiger partial charge in [0.2, 0.25) is 0 Å². The van der Waals surface area contributed by atoms with E-state index in [-0.39, 0.29) is 0 Å². The van der Waals surface area contributed by atoms with Gasteiger partial charge in [0, 0.05) is 28.7 Å². The zero-order chi connectivity index (χ0) is 13.0. The molecule has 0 saturated heterocycles. The lowest BCUT2D eigenvalue weighted by Crippen LogP contribution is -2.13. The molecule has 0 aliphatic carbocycles. The van der Waals surface area contributed by atoms with Crippen molar-refractivity contribution in [3.05, 3.63) is 46.3 Å². The molecular formula is C14H16BrN3. The maximum absolute atomic E-state index is 4.62. The van der Waals surface area contributed by atoms with Gasteiger partial charge in [-0.15, -0.1) is 0 Å². The van der Waals surface area contributed by atoms with Crippen LogP contribution in [0.5, 0.6) is 0 Å². The summed E-state index contributed by atoms with van der Waals surface area (Å²) in [6.45, 7) is 2.89. The van der Waals surface area contributed by atoms with Crippen LogP contribution in [0.25, 0.3) is 11.3 Å². The summed E-state index contributed by atoms with van der Waals surface area (Å²) in [6.07, 6.45) is 0.843. The minimum Gasteiger partial charge on any atom is -0.319 e. The van der Waals surface area contributed by atoms with Crippen molar-refractivity contribution in [2.75, 3.05) is 13.6 Å². The average molecular weight is 306 g/mol. The first kappa shape index (κ1) is 13.2. The van der Waals surface area contributed by atoms with Crippen LogP contribution in [-0.4, -0.2) is 23.6 Å². The molecule has 1 aromatic heterocycles. The van der Waals surface area contributed by atoms with Crippen LogP contribution in [0.4, 0.5) is 0 Å². The summed E-state index contributed by atoms with van der Waals surface area (Å²) in [5.41, 5.74) is 3.08. The normalized spacial score (nSPS) is 10.6. The third kappa shape index (κ3) is 3.15. The van der Waals surface area contributed by atoms with E-state index >= 15 is 0 Å². The van der Waals surface area contributed by atoms with E-state index in [1.165, 1.54) is 0 Å². The smallest absolute Gasteiger partial charge is 0.130 e. The lowest BCUT2D eigenvalue weighted by Gasteiger charge is -2.07. The number of likely N-dealkylation sites (N-methyl/N-ethyl adjacent to an activating group) is 1. The van der Waals surface area contributed by atoms with Crippen molar-refractivity contribution in [1.82, 2.24) is 15.3 Å². The Bertz CT molecular complexity index is 540. The standard InChI is InChI=1S/C14H16BrN3/c1-10-9-13(11-5-3-4-6-12(11)15)18-14(17-10)7-8-16-2/h3-6,9,16H,7-8H2,1-2H3. The number of nitrogens with zero attached hydrogens (tertiary/aromatic N) is 2. The fourth-order valence-corrected chi connectivity index (χ4v) is 2.27. The molecule has 3 nitrogen and oxygen atoms in total. The lowest BCUT2D eigenvalue weighted by molar-refractivity contribution is 0.752. The van der Waals surface area contributed by atoms with Crippen molar-refractivity contribution in [2.45, 2.75) is 13.3 Å². The van der Waals surface area contributed by atoms with Gasteiger partial charge < -0.3 is 5.32 Å². The molecule has 0 spiro atoms. The summed E-state index contributed by atoms with van der Waals surface area (Å²) in [4.78, 5) is 9.08. The van der Waals surface area contributed by atoms with E-state index in [2.05, 4.69) is 37.3 Å². The minimum atomic E-state index is 0.843. The SMILES string of the molecule is CNCCc1nc(C)cc(-c2ccccc2Br)n1. The Kier molecular flexibility index (Phi) is 4.44. The van der Waals surface area contributed by atoms with Crippen LogP contribution < -0.4 is 5.32 Å². The summed E-state index contributed by atoms with van der Waals surface area (Å²) in [5.74, 6) is 0.884. The van der Waals surface area contributed by atoms with Gasteiger partial charge >= 0.3 is 0 Å².